The molecule has 12 heteroatoms. The lowest BCUT2D eigenvalue weighted by Crippen LogP contribution is -2.42. The first-order chi connectivity index (χ1) is 16.7. The summed E-state index contributed by atoms with van der Waals surface area (Å²) < 4.78 is 39.7. The lowest BCUT2D eigenvalue weighted by atomic mass is 9.90. The summed E-state index contributed by atoms with van der Waals surface area (Å²) in [6, 6.07) is 4.78. The number of hydrogen-bond donors (Lipinski definition) is 2. The Kier molecular flexibility index (Phi) is 6.56. The number of carbonyl (C=O) groups excluding carboxylic acids is 1. The molecule has 1 aliphatic rings. The Hall–Kier alpha value is -4.19. The number of nitrogens with one attached hydrogen (secondary N) is 2. The number of H-pyrrole nitrogens is 1. The Morgan fingerprint density at radius 1 is 1.29 bits per heavy atom. The molecule has 0 saturated carbocycles. The zero-order chi connectivity index (χ0) is 25.2. The van der Waals surface area contributed by atoms with Gasteiger partial charge in [-0.25, -0.2) is 15.0 Å². The van der Waals surface area contributed by atoms with E-state index in [1.54, 1.807) is 4.90 Å². The van der Waals surface area contributed by atoms with E-state index in [0.717, 1.165) is 25.1 Å². The van der Waals surface area contributed by atoms with Gasteiger partial charge >= 0.3 is 6.18 Å². The number of aromatic nitrogens is 4. The predicted molar refractivity (Wildman–Crippen MR) is 119 cm³/mol. The van der Waals surface area contributed by atoms with E-state index in [9.17, 15) is 23.2 Å². The third-order valence-electron chi connectivity index (χ3n) is 6.21. The van der Waals surface area contributed by atoms with Crippen molar-refractivity contribution in [2.24, 2.45) is 5.92 Å². The van der Waals surface area contributed by atoms with Crippen molar-refractivity contribution in [2.75, 3.05) is 18.4 Å². The summed E-state index contributed by atoms with van der Waals surface area (Å²) in [6.07, 6.45) is 0.348. The van der Waals surface area contributed by atoms with Crippen molar-refractivity contribution in [1.29, 1.82) is 10.5 Å². The van der Waals surface area contributed by atoms with Crippen molar-refractivity contribution in [3.05, 3.63) is 35.8 Å². The largest absolute Gasteiger partial charge is 0.417 e. The molecule has 0 unspecified atom stereocenters. The summed E-state index contributed by atoms with van der Waals surface area (Å²) in [7, 11) is 0. The first-order valence-electron chi connectivity index (χ1n) is 10.9. The fraction of sp³-hybridized carbons (Fsp3) is 0.391. The Bertz CT molecular complexity index is 1330. The molecule has 3 aromatic heterocycles. The normalized spacial score (nSPS) is 15.4. The molecular weight excluding hydrogens is 461 g/mol. The number of pyridine rings is 1. The maximum Gasteiger partial charge on any atom is 0.417 e. The quantitative estimate of drug-likeness (QED) is 0.564. The lowest BCUT2D eigenvalue weighted by Gasteiger charge is -2.34. The summed E-state index contributed by atoms with van der Waals surface area (Å²) in [5.74, 6) is 0.285. The smallest absolute Gasteiger partial charge is 0.351 e. The molecule has 0 radical (unpaired) electrons. The van der Waals surface area contributed by atoms with Crippen LogP contribution < -0.4 is 5.32 Å². The molecule has 35 heavy (non-hydrogen) atoms. The van der Waals surface area contributed by atoms with Crippen LogP contribution in [0.2, 0.25) is 0 Å². The van der Waals surface area contributed by atoms with Crippen LogP contribution in [-0.4, -0.2) is 49.9 Å². The fourth-order valence-corrected chi connectivity index (χ4v) is 4.24. The second-order valence-electron chi connectivity index (χ2n) is 8.37. The molecule has 9 nitrogen and oxygen atoms in total. The van der Waals surface area contributed by atoms with Gasteiger partial charge in [-0.1, -0.05) is 0 Å². The molecule has 4 heterocycles. The fourth-order valence-electron chi connectivity index (χ4n) is 4.24. The molecule has 1 aliphatic heterocycles. The van der Waals surface area contributed by atoms with E-state index in [-0.39, 0.29) is 52.5 Å². The molecule has 1 saturated heterocycles. The lowest BCUT2D eigenvalue weighted by molar-refractivity contribution is -0.137. The van der Waals surface area contributed by atoms with Crippen LogP contribution in [0, 0.1) is 28.6 Å². The Labute approximate surface area is 198 Å². The van der Waals surface area contributed by atoms with Crippen LogP contribution in [0.1, 0.15) is 37.3 Å². The molecule has 3 aromatic rings. The van der Waals surface area contributed by atoms with Crippen molar-refractivity contribution in [1.82, 2.24) is 24.8 Å². The summed E-state index contributed by atoms with van der Waals surface area (Å²) in [6.45, 7) is 3.07. The van der Waals surface area contributed by atoms with Crippen LogP contribution in [0.15, 0.2) is 24.7 Å². The van der Waals surface area contributed by atoms with E-state index in [2.05, 4.69) is 25.3 Å². The Balaban J connectivity index is 1.56. The third kappa shape index (κ3) is 5.01. The molecule has 0 aromatic carbocycles. The number of anilines is 1. The van der Waals surface area contributed by atoms with E-state index in [1.807, 2.05) is 19.1 Å². The van der Waals surface area contributed by atoms with Crippen LogP contribution >= 0.6 is 0 Å². The SMILES string of the molecule is C[C@@H](Nc1ncc(C#N)c(-c2c[nH]c3ncc(C(F)(F)F)cc23)n1)C1CCN(C(=O)CC#N)CC1. The predicted octanol–water partition coefficient (Wildman–Crippen LogP) is 3.86. The summed E-state index contributed by atoms with van der Waals surface area (Å²) >= 11 is 0. The van der Waals surface area contributed by atoms with Gasteiger partial charge in [0, 0.05) is 42.5 Å². The minimum Gasteiger partial charge on any atom is -0.351 e. The number of fused-ring (bicyclic) bond motifs is 1. The number of amides is 1. The molecule has 0 bridgehead atoms. The van der Waals surface area contributed by atoms with Gasteiger partial charge in [0.25, 0.3) is 0 Å². The van der Waals surface area contributed by atoms with E-state index in [1.165, 1.54) is 12.4 Å². The molecule has 1 atom stereocenters. The monoisotopic (exact) mass is 482 g/mol. The number of aromatic amines is 1. The zero-order valence-electron chi connectivity index (χ0n) is 18.7. The van der Waals surface area contributed by atoms with Crippen LogP contribution in [-0.2, 0) is 11.0 Å². The van der Waals surface area contributed by atoms with Gasteiger partial charge < -0.3 is 15.2 Å². The van der Waals surface area contributed by atoms with Crippen molar-refractivity contribution < 1.29 is 18.0 Å². The Morgan fingerprint density at radius 2 is 2.03 bits per heavy atom. The standard InChI is InChI=1S/C23H21F3N8O/c1-13(14-3-6-34(7-4-14)19(35)2-5-27)32-22-31-10-15(9-28)20(33-22)18-12-30-21-17(18)8-16(11-29-21)23(24,25)26/h8,10-14H,2-4,6-7H2,1H3,(H,29,30)(H,31,32,33)/t13-/m1/s1. The summed E-state index contributed by atoms with van der Waals surface area (Å²) in [4.78, 5) is 28.9. The summed E-state index contributed by atoms with van der Waals surface area (Å²) in [5, 5.41) is 21.7. The number of alkyl halides is 3. The van der Waals surface area contributed by atoms with Gasteiger partial charge in [-0.15, -0.1) is 0 Å². The first kappa shape index (κ1) is 24.0. The van der Waals surface area contributed by atoms with Crippen LogP contribution in [0.5, 0.6) is 0 Å². The van der Waals surface area contributed by atoms with Gasteiger partial charge in [0.15, 0.2) is 0 Å². The number of nitriles is 2. The van der Waals surface area contributed by atoms with Gasteiger partial charge in [0.1, 0.15) is 18.1 Å². The Morgan fingerprint density at radius 3 is 2.69 bits per heavy atom. The average Bonchev–Trinajstić information content (AvgIpc) is 3.27. The zero-order valence-corrected chi connectivity index (χ0v) is 18.7. The van der Waals surface area contributed by atoms with E-state index >= 15 is 0 Å². The maximum atomic E-state index is 13.2. The van der Waals surface area contributed by atoms with E-state index < -0.39 is 11.7 Å². The molecular formula is C23H21F3N8O. The van der Waals surface area contributed by atoms with Crippen molar-refractivity contribution in [3.8, 4) is 23.4 Å². The minimum atomic E-state index is -4.56. The first-order valence-corrected chi connectivity index (χ1v) is 10.9. The molecule has 2 N–H and O–H groups in total. The molecule has 1 fully saturated rings. The minimum absolute atomic E-state index is 0.0644. The average molecular weight is 482 g/mol. The van der Waals surface area contributed by atoms with Crippen LogP contribution in [0.3, 0.4) is 0 Å². The second-order valence-corrected chi connectivity index (χ2v) is 8.37. The molecule has 180 valence electrons. The van der Waals surface area contributed by atoms with E-state index in [4.69, 9.17) is 5.26 Å². The van der Waals surface area contributed by atoms with Gasteiger partial charge in [0.05, 0.1) is 29.1 Å². The number of nitrogens with zero attached hydrogens (tertiary/aromatic N) is 6. The van der Waals surface area contributed by atoms with Crippen molar-refractivity contribution in [2.45, 2.75) is 38.4 Å². The van der Waals surface area contributed by atoms with Gasteiger partial charge in [-0.3, -0.25) is 4.79 Å². The number of carbonyl (C=O) groups is 1. The highest BCUT2D eigenvalue weighted by atomic mass is 19.4. The van der Waals surface area contributed by atoms with Crippen molar-refractivity contribution in [3.63, 3.8) is 0 Å². The highest BCUT2D eigenvalue weighted by Crippen LogP contribution is 2.35. The number of rotatable bonds is 5. The molecule has 0 aliphatic carbocycles. The molecule has 1 amide bonds. The number of piperidine rings is 1. The van der Waals surface area contributed by atoms with Gasteiger partial charge in [-0.2, -0.15) is 23.7 Å². The molecule has 0 spiro atoms. The van der Waals surface area contributed by atoms with Crippen LogP contribution in [0.25, 0.3) is 22.3 Å². The summed E-state index contributed by atoms with van der Waals surface area (Å²) in [5.41, 5.74) is -0.0223. The number of likely N-dealkylation sites (tertiary alicyclic amines) is 1. The van der Waals surface area contributed by atoms with E-state index in [0.29, 0.717) is 18.7 Å². The highest BCUT2D eigenvalue weighted by Gasteiger charge is 2.32. The topological polar surface area (TPSA) is 134 Å². The second kappa shape index (κ2) is 9.58. The number of halogens is 3. The van der Waals surface area contributed by atoms with Crippen molar-refractivity contribution >= 4 is 22.9 Å². The highest BCUT2D eigenvalue weighted by molar-refractivity contribution is 5.94. The molecule has 4 rings (SSSR count). The third-order valence-corrected chi connectivity index (χ3v) is 6.21. The maximum absolute atomic E-state index is 13.2. The van der Waals surface area contributed by atoms with Crippen LogP contribution in [0.4, 0.5) is 19.1 Å². The van der Waals surface area contributed by atoms with Gasteiger partial charge in [0.2, 0.25) is 11.9 Å². The number of hydrogen-bond acceptors (Lipinski definition) is 7. The van der Waals surface area contributed by atoms with Gasteiger partial charge in [-0.05, 0) is 31.7 Å².